The highest BCUT2D eigenvalue weighted by atomic mass is 16.5. The Bertz CT molecular complexity index is 1100. The Morgan fingerprint density at radius 1 is 1.18 bits per heavy atom. The highest BCUT2D eigenvalue weighted by Crippen LogP contribution is 2.20. The fourth-order valence-corrected chi connectivity index (χ4v) is 2.83. The number of pyridine rings is 1. The van der Waals surface area contributed by atoms with Gasteiger partial charge in [0, 0.05) is 11.4 Å². The number of ether oxygens (including phenoxy) is 1. The second kappa shape index (κ2) is 7.56. The predicted molar refractivity (Wildman–Crippen MR) is 105 cm³/mol. The zero-order chi connectivity index (χ0) is 19.5. The molecule has 7 nitrogen and oxygen atoms in total. The molecule has 0 fully saturated rings. The molecule has 28 heavy (non-hydrogen) atoms. The molecule has 142 valence electrons. The van der Waals surface area contributed by atoms with Crippen LogP contribution in [0.2, 0.25) is 0 Å². The van der Waals surface area contributed by atoms with Crippen molar-refractivity contribution in [3.8, 4) is 5.75 Å². The maximum absolute atomic E-state index is 12.5. The van der Waals surface area contributed by atoms with E-state index in [1.54, 1.807) is 24.5 Å². The van der Waals surface area contributed by atoms with Crippen molar-refractivity contribution in [2.75, 3.05) is 5.32 Å². The normalized spacial score (nSPS) is 11.1. The quantitative estimate of drug-likeness (QED) is 0.538. The van der Waals surface area contributed by atoms with E-state index in [1.807, 2.05) is 54.9 Å². The average molecular weight is 376 g/mol. The van der Waals surface area contributed by atoms with Crippen LogP contribution in [0.4, 0.5) is 5.69 Å². The summed E-state index contributed by atoms with van der Waals surface area (Å²) in [6.45, 7) is 4.33. The van der Waals surface area contributed by atoms with Gasteiger partial charge in [0.2, 0.25) is 0 Å². The molecule has 0 spiro atoms. The number of rotatable bonds is 6. The zero-order valence-corrected chi connectivity index (χ0v) is 15.6. The summed E-state index contributed by atoms with van der Waals surface area (Å²) >= 11 is 0. The lowest BCUT2D eigenvalue weighted by Crippen LogP contribution is -2.11. The standard InChI is InChI=1S/C21H20N4O3/c1-14(2)25-20-15(11-23-25)10-16(12-22-20)24-21(26)19-9-8-18(28-19)13-27-17-6-4-3-5-7-17/h3-12,14H,13H2,1-2H3,(H,24,26). The van der Waals surface area contributed by atoms with Crippen molar-refractivity contribution < 1.29 is 13.9 Å². The van der Waals surface area contributed by atoms with Crippen LogP contribution in [0.5, 0.6) is 5.75 Å². The van der Waals surface area contributed by atoms with Crippen molar-refractivity contribution >= 4 is 22.6 Å². The molecule has 0 atom stereocenters. The van der Waals surface area contributed by atoms with Crippen LogP contribution in [0.25, 0.3) is 11.0 Å². The Morgan fingerprint density at radius 3 is 2.79 bits per heavy atom. The van der Waals surface area contributed by atoms with Gasteiger partial charge in [-0.1, -0.05) is 18.2 Å². The molecule has 1 amide bonds. The minimum Gasteiger partial charge on any atom is -0.486 e. The Kier molecular flexibility index (Phi) is 4.80. The van der Waals surface area contributed by atoms with Crippen molar-refractivity contribution in [3.63, 3.8) is 0 Å². The zero-order valence-electron chi connectivity index (χ0n) is 15.6. The van der Waals surface area contributed by atoms with E-state index >= 15 is 0 Å². The number of hydrogen-bond donors (Lipinski definition) is 1. The minimum absolute atomic E-state index is 0.213. The molecule has 0 bridgehead atoms. The van der Waals surface area contributed by atoms with E-state index < -0.39 is 0 Å². The molecule has 4 aromatic rings. The number of benzene rings is 1. The second-order valence-electron chi connectivity index (χ2n) is 6.64. The molecular formula is C21H20N4O3. The van der Waals surface area contributed by atoms with Gasteiger partial charge in [-0.2, -0.15) is 5.10 Å². The first-order valence-corrected chi connectivity index (χ1v) is 9.01. The molecule has 3 aromatic heterocycles. The van der Waals surface area contributed by atoms with Crippen molar-refractivity contribution in [1.82, 2.24) is 14.8 Å². The van der Waals surface area contributed by atoms with Crippen molar-refractivity contribution in [2.24, 2.45) is 0 Å². The third-order valence-corrected chi connectivity index (χ3v) is 4.19. The largest absolute Gasteiger partial charge is 0.486 e. The smallest absolute Gasteiger partial charge is 0.291 e. The van der Waals surface area contributed by atoms with E-state index in [0.717, 1.165) is 16.8 Å². The highest BCUT2D eigenvalue weighted by molar-refractivity contribution is 6.02. The fraction of sp³-hybridized carbons (Fsp3) is 0.190. The van der Waals surface area contributed by atoms with Gasteiger partial charge in [-0.15, -0.1) is 0 Å². The number of nitrogens with one attached hydrogen (secondary N) is 1. The molecule has 4 rings (SSSR count). The lowest BCUT2D eigenvalue weighted by molar-refractivity contribution is 0.0992. The lowest BCUT2D eigenvalue weighted by atomic mass is 10.3. The number of nitrogens with zero attached hydrogens (tertiary/aromatic N) is 3. The van der Waals surface area contributed by atoms with E-state index in [-0.39, 0.29) is 24.3 Å². The number of furan rings is 1. The van der Waals surface area contributed by atoms with Crippen LogP contribution >= 0.6 is 0 Å². The molecule has 0 aliphatic rings. The SMILES string of the molecule is CC(C)n1ncc2cc(NC(=O)c3ccc(COc4ccccc4)o3)cnc21. The van der Waals surface area contributed by atoms with E-state index in [4.69, 9.17) is 9.15 Å². The number of anilines is 1. The van der Waals surface area contributed by atoms with Gasteiger partial charge in [0.15, 0.2) is 11.4 Å². The van der Waals surface area contributed by atoms with Crippen molar-refractivity contribution in [2.45, 2.75) is 26.5 Å². The number of carbonyl (C=O) groups is 1. The Hall–Kier alpha value is -3.61. The van der Waals surface area contributed by atoms with Crippen LogP contribution in [-0.4, -0.2) is 20.7 Å². The number of amides is 1. The van der Waals surface area contributed by atoms with Crippen LogP contribution in [-0.2, 0) is 6.61 Å². The van der Waals surface area contributed by atoms with E-state index in [9.17, 15) is 4.79 Å². The monoisotopic (exact) mass is 376 g/mol. The molecule has 1 N–H and O–H groups in total. The van der Waals surface area contributed by atoms with Crippen molar-refractivity contribution in [3.05, 3.63) is 72.4 Å². The number of hydrogen-bond acceptors (Lipinski definition) is 5. The fourth-order valence-electron chi connectivity index (χ4n) is 2.83. The van der Waals surface area contributed by atoms with Gasteiger partial charge < -0.3 is 14.5 Å². The van der Waals surface area contributed by atoms with Crippen molar-refractivity contribution in [1.29, 1.82) is 0 Å². The van der Waals surface area contributed by atoms with Crippen LogP contribution in [0.3, 0.4) is 0 Å². The van der Waals surface area contributed by atoms with Gasteiger partial charge in [-0.05, 0) is 44.2 Å². The van der Waals surface area contributed by atoms with Crippen LogP contribution in [0, 0.1) is 0 Å². The topological polar surface area (TPSA) is 82.2 Å². The molecule has 1 aromatic carbocycles. The maximum atomic E-state index is 12.5. The third kappa shape index (κ3) is 3.73. The number of aromatic nitrogens is 3. The van der Waals surface area contributed by atoms with Gasteiger partial charge in [0.05, 0.1) is 18.1 Å². The molecule has 0 aliphatic heterocycles. The first-order valence-electron chi connectivity index (χ1n) is 9.01. The summed E-state index contributed by atoms with van der Waals surface area (Å²) in [6.07, 6.45) is 3.35. The summed E-state index contributed by atoms with van der Waals surface area (Å²) < 4.78 is 13.1. The second-order valence-corrected chi connectivity index (χ2v) is 6.64. The highest BCUT2D eigenvalue weighted by Gasteiger charge is 2.14. The van der Waals surface area contributed by atoms with Crippen LogP contribution in [0.15, 0.2) is 65.3 Å². The Balaban J connectivity index is 1.42. The average Bonchev–Trinajstić information content (AvgIpc) is 3.34. The summed E-state index contributed by atoms with van der Waals surface area (Å²) in [6, 6.07) is 14.8. The molecule has 3 heterocycles. The van der Waals surface area contributed by atoms with Gasteiger partial charge in [-0.25, -0.2) is 9.67 Å². The number of fused-ring (bicyclic) bond motifs is 1. The number of para-hydroxylation sites is 1. The molecule has 0 saturated heterocycles. The molecule has 0 radical (unpaired) electrons. The summed E-state index contributed by atoms with van der Waals surface area (Å²) in [5, 5.41) is 8.00. The molecule has 0 unspecified atom stereocenters. The van der Waals surface area contributed by atoms with Gasteiger partial charge in [0.25, 0.3) is 5.91 Å². The predicted octanol–water partition coefficient (Wildman–Crippen LogP) is 4.44. The van der Waals surface area contributed by atoms with Crippen LogP contribution < -0.4 is 10.1 Å². The summed E-state index contributed by atoms with van der Waals surface area (Å²) in [5.74, 6) is 1.18. The minimum atomic E-state index is -0.344. The summed E-state index contributed by atoms with van der Waals surface area (Å²) in [5.41, 5.74) is 1.37. The summed E-state index contributed by atoms with van der Waals surface area (Å²) in [4.78, 5) is 16.9. The Labute approximate surface area is 161 Å². The van der Waals surface area contributed by atoms with Gasteiger partial charge in [0.1, 0.15) is 18.1 Å². The third-order valence-electron chi connectivity index (χ3n) is 4.19. The van der Waals surface area contributed by atoms with Gasteiger partial charge >= 0.3 is 0 Å². The summed E-state index contributed by atoms with van der Waals surface area (Å²) in [7, 11) is 0. The van der Waals surface area contributed by atoms with E-state index in [0.29, 0.717) is 11.4 Å². The lowest BCUT2D eigenvalue weighted by Gasteiger charge is -2.07. The van der Waals surface area contributed by atoms with E-state index in [1.165, 1.54) is 0 Å². The van der Waals surface area contributed by atoms with Crippen LogP contribution in [0.1, 0.15) is 36.2 Å². The molecular weight excluding hydrogens is 356 g/mol. The number of carbonyl (C=O) groups excluding carboxylic acids is 1. The van der Waals surface area contributed by atoms with Gasteiger partial charge in [-0.3, -0.25) is 4.79 Å². The molecule has 0 saturated carbocycles. The maximum Gasteiger partial charge on any atom is 0.291 e. The van der Waals surface area contributed by atoms with E-state index in [2.05, 4.69) is 15.4 Å². The molecule has 7 heteroatoms. The first-order chi connectivity index (χ1) is 13.6. The Morgan fingerprint density at radius 2 is 2.00 bits per heavy atom. The first kappa shape index (κ1) is 17.8. The molecule has 0 aliphatic carbocycles.